The Hall–Kier alpha value is -2.20. The molecule has 4 N–H and O–H groups in total. The highest BCUT2D eigenvalue weighted by Gasteiger charge is 2.10. The lowest BCUT2D eigenvalue weighted by molar-refractivity contribution is 1.28. The van der Waals surface area contributed by atoms with Crippen molar-refractivity contribution in [2.45, 2.75) is 0 Å². The average molecular weight is 158 g/mol. The molecule has 4 nitrogen and oxygen atoms in total. The quantitative estimate of drug-likeness (QED) is 0.485. The summed E-state index contributed by atoms with van der Waals surface area (Å²) in [4.78, 5) is 0. The van der Waals surface area contributed by atoms with Gasteiger partial charge in [0.25, 0.3) is 0 Å². The van der Waals surface area contributed by atoms with Gasteiger partial charge in [-0.2, -0.15) is 10.5 Å². The third kappa shape index (κ3) is 1.14. The molecule has 0 saturated carbocycles. The summed E-state index contributed by atoms with van der Waals surface area (Å²) in [5.74, 6) is 0. The SMILES string of the molecule is N#CC(C#N)=C1C=C(N)C(N)=C1. The minimum absolute atomic E-state index is 0.0263. The topological polar surface area (TPSA) is 99.6 Å². The number of rotatable bonds is 0. The van der Waals surface area contributed by atoms with Gasteiger partial charge in [-0.3, -0.25) is 0 Å². The van der Waals surface area contributed by atoms with Crippen LogP contribution in [-0.4, -0.2) is 0 Å². The van der Waals surface area contributed by atoms with E-state index in [0.717, 1.165) is 0 Å². The Morgan fingerprint density at radius 1 is 1.08 bits per heavy atom. The second kappa shape index (κ2) is 2.81. The predicted molar refractivity (Wildman–Crippen MR) is 42.8 cm³/mol. The molecule has 1 rings (SSSR count). The number of hydrogen-bond acceptors (Lipinski definition) is 4. The van der Waals surface area contributed by atoms with Crippen molar-refractivity contribution in [2.24, 2.45) is 11.5 Å². The van der Waals surface area contributed by atoms with Gasteiger partial charge in [0, 0.05) is 5.57 Å². The van der Waals surface area contributed by atoms with E-state index in [9.17, 15) is 0 Å². The van der Waals surface area contributed by atoms with Crippen LogP contribution >= 0.6 is 0 Å². The molecule has 1 aliphatic carbocycles. The van der Waals surface area contributed by atoms with Crippen molar-refractivity contribution in [3.63, 3.8) is 0 Å². The number of nitrogens with zero attached hydrogens (tertiary/aromatic N) is 2. The second-order valence-corrected chi connectivity index (χ2v) is 2.25. The first-order chi connectivity index (χ1) is 5.69. The van der Waals surface area contributed by atoms with E-state index in [2.05, 4.69) is 0 Å². The molecule has 0 amide bonds. The maximum Gasteiger partial charge on any atom is 0.137 e. The van der Waals surface area contributed by atoms with Crippen molar-refractivity contribution >= 4 is 0 Å². The normalized spacial score (nSPS) is 14.3. The van der Waals surface area contributed by atoms with Crippen LogP contribution in [0.15, 0.2) is 34.7 Å². The summed E-state index contributed by atoms with van der Waals surface area (Å²) in [5, 5.41) is 17.0. The van der Waals surface area contributed by atoms with Crippen LogP contribution in [0.25, 0.3) is 0 Å². The minimum Gasteiger partial charge on any atom is -0.397 e. The molecule has 12 heavy (non-hydrogen) atoms. The fourth-order valence-electron chi connectivity index (χ4n) is 0.842. The van der Waals surface area contributed by atoms with Crippen LogP contribution in [-0.2, 0) is 0 Å². The molecular formula is C8H6N4. The minimum atomic E-state index is 0.0263. The Kier molecular flexibility index (Phi) is 1.85. The number of nitrogens with two attached hydrogens (primary N) is 2. The van der Waals surface area contributed by atoms with Crippen LogP contribution in [0.3, 0.4) is 0 Å². The molecule has 4 heteroatoms. The van der Waals surface area contributed by atoms with E-state index >= 15 is 0 Å². The van der Waals surface area contributed by atoms with Crippen LogP contribution in [0.4, 0.5) is 0 Å². The molecule has 0 unspecified atom stereocenters. The standard InChI is InChI=1S/C8H6N4/c9-3-6(4-10)5-1-7(11)8(12)2-5/h1-2H,11-12H2. The van der Waals surface area contributed by atoms with Crippen molar-refractivity contribution in [1.82, 2.24) is 0 Å². The van der Waals surface area contributed by atoms with E-state index in [0.29, 0.717) is 17.0 Å². The van der Waals surface area contributed by atoms with Crippen molar-refractivity contribution in [2.75, 3.05) is 0 Å². The highest BCUT2D eigenvalue weighted by atomic mass is 14.7. The lowest BCUT2D eigenvalue weighted by Gasteiger charge is -1.88. The average Bonchev–Trinajstić information content (AvgIpc) is 2.35. The summed E-state index contributed by atoms with van der Waals surface area (Å²) in [6.45, 7) is 0. The van der Waals surface area contributed by atoms with E-state index in [-0.39, 0.29) is 5.57 Å². The summed E-state index contributed by atoms with van der Waals surface area (Å²) in [6.07, 6.45) is 3.02. The Morgan fingerprint density at radius 3 is 1.83 bits per heavy atom. The van der Waals surface area contributed by atoms with Gasteiger partial charge >= 0.3 is 0 Å². The summed E-state index contributed by atoms with van der Waals surface area (Å²) in [6, 6.07) is 3.51. The van der Waals surface area contributed by atoms with Gasteiger partial charge in [-0.25, -0.2) is 0 Å². The number of allylic oxidation sites excluding steroid dienone is 4. The lowest BCUT2D eigenvalue weighted by Crippen LogP contribution is -2.05. The highest BCUT2D eigenvalue weighted by Crippen LogP contribution is 2.18. The molecular weight excluding hydrogens is 152 g/mol. The molecule has 0 bridgehead atoms. The van der Waals surface area contributed by atoms with E-state index < -0.39 is 0 Å². The smallest absolute Gasteiger partial charge is 0.137 e. The van der Waals surface area contributed by atoms with Gasteiger partial charge in [-0.1, -0.05) is 0 Å². The van der Waals surface area contributed by atoms with E-state index in [1.54, 1.807) is 12.1 Å². The van der Waals surface area contributed by atoms with Gasteiger partial charge in [0.1, 0.15) is 17.7 Å². The summed E-state index contributed by atoms with van der Waals surface area (Å²) in [7, 11) is 0. The monoisotopic (exact) mass is 158 g/mol. The first-order valence-electron chi connectivity index (χ1n) is 3.18. The van der Waals surface area contributed by atoms with Crippen molar-refractivity contribution in [1.29, 1.82) is 10.5 Å². The van der Waals surface area contributed by atoms with Crippen molar-refractivity contribution in [3.8, 4) is 12.1 Å². The summed E-state index contributed by atoms with van der Waals surface area (Å²) in [5.41, 5.74) is 12.2. The zero-order valence-corrected chi connectivity index (χ0v) is 6.20. The first-order valence-corrected chi connectivity index (χ1v) is 3.18. The highest BCUT2D eigenvalue weighted by molar-refractivity contribution is 5.58. The maximum absolute atomic E-state index is 8.49. The van der Waals surface area contributed by atoms with Gasteiger partial charge in [0.05, 0.1) is 11.4 Å². The number of hydrogen-bond donors (Lipinski definition) is 2. The predicted octanol–water partition coefficient (Wildman–Crippen LogP) is 0.0290. The van der Waals surface area contributed by atoms with E-state index in [1.807, 2.05) is 0 Å². The van der Waals surface area contributed by atoms with Crippen molar-refractivity contribution < 1.29 is 0 Å². The van der Waals surface area contributed by atoms with Gasteiger partial charge in [0.15, 0.2) is 0 Å². The largest absolute Gasteiger partial charge is 0.397 e. The fraction of sp³-hybridized carbons (Fsp3) is 0. The van der Waals surface area contributed by atoms with Crippen LogP contribution in [0.5, 0.6) is 0 Å². The Labute approximate surface area is 69.7 Å². The molecule has 0 saturated heterocycles. The Balaban J connectivity index is 3.23. The molecule has 0 radical (unpaired) electrons. The van der Waals surface area contributed by atoms with Crippen LogP contribution in [0.2, 0.25) is 0 Å². The third-order valence-corrected chi connectivity index (χ3v) is 1.47. The molecule has 58 valence electrons. The number of nitriles is 2. The molecule has 0 fully saturated rings. The zero-order valence-electron chi connectivity index (χ0n) is 6.20. The Morgan fingerprint density at radius 2 is 1.50 bits per heavy atom. The summed E-state index contributed by atoms with van der Waals surface area (Å²) < 4.78 is 0. The van der Waals surface area contributed by atoms with Gasteiger partial charge in [-0.15, -0.1) is 0 Å². The Bertz CT molecular complexity index is 348. The van der Waals surface area contributed by atoms with Crippen LogP contribution in [0, 0.1) is 22.7 Å². The fourth-order valence-corrected chi connectivity index (χ4v) is 0.842. The van der Waals surface area contributed by atoms with Crippen LogP contribution < -0.4 is 11.5 Å². The molecule has 0 aromatic rings. The molecule has 0 aromatic heterocycles. The van der Waals surface area contributed by atoms with Gasteiger partial charge < -0.3 is 11.5 Å². The van der Waals surface area contributed by atoms with Crippen LogP contribution in [0.1, 0.15) is 0 Å². The second-order valence-electron chi connectivity index (χ2n) is 2.25. The molecule has 0 aliphatic heterocycles. The summed E-state index contributed by atoms with van der Waals surface area (Å²) >= 11 is 0. The van der Waals surface area contributed by atoms with Crippen molar-refractivity contribution in [3.05, 3.63) is 34.7 Å². The third-order valence-electron chi connectivity index (χ3n) is 1.47. The van der Waals surface area contributed by atoms with Gasteiger partial charge in [0.2, 0.25) is 0 Å². The zero-order chi connectivity index (χ0) is 9.14. The lowest BCUT2D eigenvalue weighted by atomic mass is 10.1. The first kappa shape index (κ1) is 7.90. The molecule has 0 atom stereocenters. The van der Waals surface area contributed by atoms with E-state index in [4.69, 9.17) is 22.0 Å². The maximum atomic E-state index is 8.49. The van der Waals surface area contributed by atoms with Gasteiger partial charge in [-0.05, 0) is 12.2 Å². The molecule has 0 aromatic carbocycles. The molecule has 0 spiro atoms. The molecule has 0 heterocycles. The molecule has 1 aliphatic rings. The van der Waals surface area contributed by atoms with E-state index in [1.165, 1.54) is 12.2 Å².